The average Bonchev–Trinajstić information content (AvgIpc) is 3.50. The zero-order valence-electron chi connectivity index (χ0n) is 20.4. The molecule has 5 rings (SSSR count). The number of ether oxygens (including phenoxy) is 1. The minimum absolute atomic E-state index is 0.0494. The van der Waals surface area contributed by atoms with E-state index in [4.69, 9.17) is 15.5 Å². The zero-order valence-corrected chi connectivity index (χ0v) is 20.4. The first-order valence-electron chi connectivity index (χ1n) is 12.4. The van der Waals surface area contributed by atoms with Gasteiger partial charge in [0.2, 0.25) is 5.91 Å². The number of anilines is 2. The normalized spacial score (nSPS) is 21.9. The summed E-state index contributed by atoms with van der Waals surface area (Å²) in [6, 6.07) is 4.62. The number of imidazole rings is 1. The lowest BCUT2D eigenvalue weighted by molar-refractivity contribution is -0.128. The van der Waals surface area contributed by atoms with E-state index < -0.39 is 6.04 Å². The Morgan fingerprint density at radius 3 is 2.77 bits per heavy atom. The number of rotatable bonds is 6. The smallest absolute Gasteiger partial charge is 0.333 e. The number of benzene rings is 1. The predicted molar refractivity (Wildman–Crippen MR) is 131 cm³/mol. The lowest BCUT2D eigenvalue weighted by Gasteiger charge is -2.25. The van der Waals surface area contributed by atoms with Crippen LogP contribution >= 0.6 is 0 Å². The Morgan fingerprint density at radius 2 is 2.06 bits per heavy atom. The van der Waals surface area contributed by atoms with Gasteiger partial charge in [-0.05, 0) is 37.3 Å². The molecule has 1 aromatic heterocycles. The highest BCUT2D eigenvalue weighted by atomic mass is 16.5. The van der Waals surface area contributed by atoms with Crippen LogP contribution in [0.15, 0.2) is 24.4 Å². The second kappa shape index (κ2) is 8.90. The van der Waals surface area contributed by atoms with Gasteiger partial charge in [0.15, 0.2) is 5.82 Å². The Balaban J connectivity index is 1.51. The fourth-order valence-electron chi connectivity index (χ4n) is 5.39. The summed E-state index contributed by atoms with van der Waals surface area (Å²) in [5.74, 6) is 1.29. The first-order chi connectivity index (χ1) is 16.8. The van der Waals surface area contributed by atoms with Crippen molar-refractivity contribution in [2.75, 3.05) is 29.5 Å². The summed E-state index contributed by atoms with van der Waals surface area (Å²) in [4.78, 5) is 47.9. The van der Waals surface area contributed by atoms with E-state index in [1.54, 1.807) is 4.90 Å². The number of fused-ring (bicyclic) bond motifs is 3. The maximum atomic E-state index is 13.2. The largest absolute Gasteiger partial charge is 0.491 e. The van der Waals surface area contributed by atoms with Crippen molar-refractivity contribution < 1.29 is 19.1 Å². The molecule has 4 heterocycles. The number of carbonyl (C=O) groups excluding carboxylic acids is 3. The van der Waals surface area contributed by atoms with Gasteiger partial charge >= 0.3 is 6.03 Å². The van der Waals surface area contributed by atoms with Crippen molar-refractivity contribution in [1.29, 1.82) is 0 Å². The fourth-order valence-corrected chi connectivity index (χ4v) is 5.39. The van der Waals surface area contributed by atoms with Crippen molar-refractivity contribution in [3.63, 3.8) is 0 Å². The van der Waals surface area contributed by atoms with Gasteiger partial charge in [-0.3, -0.25) is 19.4 Å². The van der Waals surface area contributed by atoms with E-state index >= 15 is 0 Å². The molecule has 2 atom stereocenters. The molecule has 0 bridgehead atoms. The Labute approximate surface area is 204 Å². The number of hydrogen-bond donors (Lipinski definition) is 1. The van der Waals surface area contributed by atoms with Crippen LogP contribution in [0.5, 0.6) is 5.75 Å². The molecular formula is C25H32N6O4. The van der Waals surface area contributed by atoms with Crippen LogP contribution < -0.4 is 20.3 Å². The molecule has 2 fully saturated rings. The second-order valence-corrected chi connectivity index (χ2v) is 9.73. The molecule has 0 aliphatic carbocycles. The van der Waals surface area contributed by atoms with Crippen LogP contribution in [-0.4, -0.2) is 64.1 Å². The van der Waals surface area contributed by atoms with Crippen LogP contribution in [0.1, 0.15) is 40.0 Å². The van der Waals surface area contributed by atoms with Gasteiger partial charge in [-0.15, -0.1) is 0 Å². The predicted octanol–water partition coefficient (Wildman–Crippen LogP) is 2.60. The monoisotopic (exact) mass is 480 g/mol. The highest BCUT2D eigenvalue weighted by Gasteiger charge is 2.48. The minimum atomic E-state index is -0.577. The summed E-state index contributed by atoms with van der Waals surface area (Å²) in [7, 11) is 0. The van der Waals surface area contributed by atoms with E-state index in [-0.39, 0.29) is 29.8 Å². The van der Waals surface area contributed by atoms with Gasteiger partial charge in [-0.1, -0.05) is 20.8 Å². The van der Waals surface area contributed by atoms with E-state index in [9.17, 15) is 14.4 Å². The number of nitrogens with zero attached hydrogens (tertiary/aromatic N) is 5. The van der Waals surface area contributed by atoms with Crippen molar-refractivity contribution in [3.05, 3.63) is 24.4 Å². The summed E-state index contributed by atoms with van der Waals surface area (Å²) in [6.07, 6.45) is 4.20. The van der Waals surface area contributed by atoms with Gasteiger partial charge < -0.3 is 19.9 Å². The second-order valence-electron chi connectivity index (χ2n) is 9.73. The Hall–Kier alpha value is -3.56. The molecule has 0 spiro atoms. The maximum Gasteiger partial charge on any atom is 0.333 e. The van der Waals surface area contributed by atoms with Crippen molar-refractivity contribution in [2.24, 2.45) is 11.7 Å². The standard InChI is InChI=1S/C25H32N6O4/c1-4-9-30-24(33)21(15(2)3)31(25(30)34)20-14-28-11-12-35-19-13-16(7-8-17(19)23(28)27-20)29-10-5-6-18(29)22(26)32/h7-8,13-15,18,21H,4-6,9-12H2,1-3H3,(H2,26,32)/t18-,21?/m0/s1. The maximum absolute atomic E-state index is 13.2. The highest BCUT2D eigenvalue weighted by molar-refractivity contribution is 6.14. The van der Waals surface area contributed by atoms with Crippen molar-refractivity contribution in [3.8, 4) is 17.1 Å². The van der Waals surface area contributed by atoms with Gasteiger partial charge in [0, 0.05) is 31.0 Å². The fraction of sp³-hybridized carbons (Fsp3) is 0.520. The molecule has 1 aromatic carbocycles. The van der Waals surface area contributed by atoms with Crippen LogP contribution in [0.4, 0.5) is 16.3 Å². The molecule has 0 radical (unpaired) electrons. The van der Waals surface area contributed by atoms with E-state index in [0.29, 0.717) is 43.5 Å². The minimum Gasteiger partial charge on any atom is -0.491 e. The zero-order chi connectivity index (χ0) is 24.9. The van der Waals surface area contributed by atoms with Gasteiger partial charge in [0.1, 0.15) is 30.3 Å². The number of amides is 4. The number of urea groups is 1. The number of nitrogens with two attached hydrogens (primary N) is 1. The molecule has 2 N–H and O–H groups in total. The van der Waals surface area contributed by atoms with Crippen LogP contribution in [0.3, 0.4) is 0 Å². The Bertz CT molecular complexity index is 1170. The number of aromatic nitrogens is 2. The molecule has 10 heteroatoms. The van der Waals surface area contributed by atoms with E-state index in [1.807, 2.05) is 54.6 Å². The lowest BCUT2D eigenvalue weighted by atomic mass is 10.0. The number of carbonyl (C=O) groups is 3. The molecule has 186 valence electrons. The third kappa shape index (κ3) is 3.81. The van der Waals surface area contributed by atoms with Crippen molar-refractivity contribution >= 4 is 29.4 Å². The quantitative estimate of drug-likeness (QED) is 0.636. The summed E-state index contributed by atoms with van der Waals surface area (Å²) in [5.41, 5.74) is 7.30. The van der Waals surface area contributed by atoms with Gasteiger partial charge in [-0.2, -0.15) is 0 Å². The van der Waals surface area contributed by atoms with E-state index in [1.165, 1.54) is 4.90 Å². The molecule has 0 saturated carbocycles. The van der Waals surface area contributed by atoms with Gasteiger partial charge in [0.05, 0.1) is 12.1 Å². The summed E-state index contributed by atoms with van der Waals surface area (Å²) in [6.45, 7) is 7.99. The number of primary amides is 1. The summed E-state index contributed by atoms with van der Waals surface area (Å²) >= 11 is 0. The summed E-state index contributed by atoms with van der Waals surface area (Å²) < 4.78 is 8.02. The van der Waals surface area contributed by atoms with Crippen LogP contribution in [0, 0.1) is 5.92 Å². The third-order valence-corrected chi connectivity index (χ3v) is 7.03. The first-order valence-corrected chi connectivity index (χ1v) is 12.4. The highest BCUT2D eigenvalue weighted by Crippen LogP contribution is 2.39. The molecule has 3 aliphatic rings. The molecule has 2 saturated heterocycles. The van der Waals surface area contributed by atoms with Gasteiger partial charge in [0.25, 0.3) is 5.91 Å². The van der Waals surface area contributed by atoms with Crippen molar-refractivity contribution in [2.45, 2.75) is 58.7 Å². The molecule has 35 heavy (non-hydrogen) atoms. The average molecular weight is 481 g/mol. The van der Waals surface area contributed by atoms with Gasteiger partial charge in [-0.25, -0.2) is 9.78 Å². The Morgan fingerprint density at radius 1 is 1.26 bits per heavy atom. The molecular weight excluding hydrogens is 448 g/mol. The van der Waals surface area contributed by atoms with E-state index in [2.05, 4.69) is 0 Å². The van der Waals surface area contributed by atoms with Crippen LogP contribution in [0.25, 0.3) is 11.4 Å². The Kier molecular flexibility index (Phi) is 5.90. The van der Waals surface area contributed by atoms with Crippen LogP contribution in [-0.2, 0) is 16.1 Å². The first kappa shape index (κ1) is 23.2. The molecule has 10 nitrogen and oxygen atoms in total. The van der Waals surface area contributed by atoms with Crippen LogP contribution in [0.2, 0.25) is 0 Å². The third-order valence-electron chi connectivity index (χ3n) is 7.03. The number of hydrogen-bond acceptors (Lipinski definition) is 6. The summed E-state index contributed by atoms with van der Waals surface area (Å²) in [5, 5.41) is 0. The molecule has 3 aliphatic heterocycles. The van der Waals surface area contributed by atoms with E-state index in [0.717, 1.165) is 30.6 Å². The molecule has 2 aromatic rings. The molecule has 1 unspecified atom stereocenters. The van der Waals surface area contributed by atoms with Crippen molar-refractivity contribution in [1.82, 2.24) is 14.5 Å². The molecule has 4 amide bonds. The number of imide groups is 1. The topological polar surface area (TPSA) is 114 Å². The lowest BCUT2D eigenvalue weighted by Crippen LogP contribution is -2.40. The SMILES string of the molecule is CCCN1C(=O)C(C(C)C)N(c2cn3c(n2)-c2ccc(N4CCC[C@H]4C(N)=O)cc2OCC3)C1=O.